The van der Waals surface area contributed by atoms with E-state index in [0.717, 1.165) is 22.3 Å². The number of hydrogen-bond acceptors (Lipinski definition) is 3. The number of hydrogen-bond donors (Lipinski definition) is 0. The van der Waals surface area contributed by atoms with Gasteiger partial charge in [-0.1, -0.05) is 6.07 Å². The van der Waals surface area contributed by atoms with E-state index in [1.165, 1.54) is 10.6 Å². The molecule has 4 heteroatoms. The highest BCUT2D eigenvalue weighted by molar-refractivity contribution is 6.11. The fourth-order valence-electron chi connectivity index (χ4n) is 3.08. The molecule has 1 amide bonds. The average molecular weight is 289 g/mol. The van der Waals surface area contributed by atoms with Crippen molar-refractivity contribution in [2.75, 3.05) is 7.05 Å². The summed E-state index contributed by atoms with van der Waals surface area (Å²) < 4.78 is 0. The van der Waals surface area contributed by atoms with E-state index >= 15 is 0 Å². The van der Waals surface area contributed by atoms with Crippen LogP contribution in [-0.2, 0) is 14.4 Å². The lowest BCUT2D eigenvalue weighted by Crippen LogP contribution is -2.54. The van der Waals surface area contributed by atoms with E-state index in [9.17, 15) is 9.59 Å². The summed E-state index contributed by atoms with van der Waals surface area (Å²) >= 11 is 0. The minimum absolute atomic E-state index is 0.181. The van der Waals surface area contributed by atoms with Gasteiger partial charge in [0.1, 0.15) is 11.5 Å². The summed E-state index contributed by atoms with van der Waals surface area (Å²) in [5.74, 6) is -1.26. The van der Waals surface area contributed by atoms with Gasteiger partial charge in [0.2, 0.25) is 0 Å². The minimum Gasteiger partial charge on any atom is -0.295 e. The SMILES string of the molecule is Cc1cc(C)c(C2C(=O)N(C)OC(C)(C)C2=O)c(C)c1C. The number of likely N-dealkylation sites (N-methyl/N-ethyl adjacent to an activating group) is 1. The van der Waals surface area contributed by atoms with Crippen LogP contribution in [0.15, 0.2) is 6.07 Å². The third kappa shape index (κ3) is 2.38. The van der Waals surface area contributed by atoms with Gasteiger partial charge in [0.25, 0.3) is 5.91 Å². The van der Waals surface area contributed by atoms with Crippen molar-refractivity contribution in [3.05, 3.63) is 33.9 Å². The first-order valence-electron chi connectivity index (χ1n) is 7.16. The molecule has 0 radical (unpaired) electrons. The summed E-state index contributed by atoms with van der Waals surface area (Å²) in [7, 11) is 1.56. The maximum absolute atomic E-state index is 12.7. The molecular formula is C17H23NO3. The number of carbonyl (C=O) groups excluding carboxylic acids is 2. The number of hydroxylamine groups is 2. The Morgan fingerprint density at radius 2 is 1.62 bits per heavy atom. The van der Waals surface area contributed by atoms with Gasteiger partial charge in [-0.3, -0.25) is 14.4 Å². The molecule has 0 saturated carbocycles. The van der Waals surface area contributed by atoms with E-state index in [4.69, 9.17) is 4.84 Å². The van der Waals surface area contributed by atoms with Gasteiger partial charge in [-0.15, -0.1) is 0 Å². The number of aryl methyl sites for hydroxylation is 2. The zero-order valence-corrected chi connectivity index (χ0v) is 13.8. The maximum atomic E-state index is 12.7. The van der Waals surface area contributed by atoms with Gasteiger partial charge in [0.15, 0.2) is 5.78 Å². The molecular weight excluding hydrogens is 266 g/mol. The molecule has 1 aromatic carbocycles. The maximum Gasteiger partial charge on any atom is 0.261 e. The fraction of sp³-hybridized carbons (Fsp3) is 0.529. The van der Waals surface area contributed by atoms with Crippen molar-refractivity contribution in [3.8, 4) is 0 Å². The van der Waals surface area contributed by atoms with Gasteiger partial charge in [0.05, 0.1) is 0 Å². The second-order valence-electron chi connectivity index (χ2n) is 6.41. The molecule has 0 aromatic heterocycles. The third-order valence-electron chi connectivity index (χ3n) is 4.48. The van der Waals surface area contributed by atoms with E-state index in [-0.39, 0.29) is 11.7 Å². The van der Waals surface area contributed by atoms with Crippen molar-refractivity contribution < 1.29 is 14.4 Å². The van der Waals surface area contributed by atoms with E-state index in [2.05, 4.69) is 0 Å². The number of carbonyl (C=O) groups is 2. The van der Waals surface area contributed by atoms with E-state index in [1.807, 2.05) is 33.8 Å². The second-order valence-corrected chi connectivity index (χ2v) is 6.41. The van der Waals surface area contributed by atoms with Crippen molar-refractivity contribution >= 4 is 11.7 Å². The van der Waals surface area contributed by atoms with Crippen LogP contribution < -0.4 is 0 Å². The number of Topliss-reactive ketones (excluding diaryl/α,β-unsaturated/α-hetero) is 1. The highest BCUT2D eigenvalue weighted by atomic mass is 16.7. The summed E-state index contributed by atoms with van der Waals surface area (Å²) in [5.41, 5.74) is 4.14. The number of nitrogens with zero attached hydrogens (tertiary/aromatic N) is 1. The Labute approximate surface area is 126 Å². The van der Waals surface area contributed by atoms with Gasteiger partial charge < -0.3 is 0 Å². The monoisotopic (exact) mass is 289 g/mol. The Hall–Kier alpha value is -1.68. The van der Waals surface area contributed by atoms with Crippen LogP contribution in [0.2, 0.25) is 0 Å². The number of rotatable bonds is 1. The van der Waals surface area contributed by atoms with E-state index < -0.39 is 11.5 Å². The Morgan fingerprint density at radius 3 is 2.19 bits per heavy atom. The van der Waals surface area contributed by atoms with Crippen molar-refractivity contribution in [1.29, 1.82) is 0 Å². The topological polar surface area (TPSA) is 46.6 Å². The molecule has 114 valence electrons. The van der Waals surface area contributed by atoms with E-state index in [0.29, 0.717) is 0 Å². The van der Waals surface area contributed by atoms with Crippen LogP contribution in [0.25, 0.3) is 0 Å². The average Bonchev–Trinajstić information content (AvgIpc) is 2.37. The first kappa shape index (κ1) is 15.7. The number of ketones is 1. The second kappa shape index (κ2) is 4.95. The third-order valence-corrected chi connectivity index (χ3v) is 4.48. The summed E-state index contributed by atoms with van der Waals surface area (Å²) in [6, 6.07) is 2.04. The van der Waals surface area contributed by atoms with Crippen LogP contribution in [0.3, 0.4) is 0 Å². The molecule has 1 saturated heterocycles. The predicted molar refractivity (Wildman–Crippen MR) is 81.1 cm³/mol. The first-order chi connectivity index (χ1) is 9.58. The first-order valence-corrected chi connectivity index (χ1v) is 7.16. The Bertz CT molecular complexity index is 631. The lowest BCUT2D eigenvalue weighted by atomic mass is 9.79. The molecule has 1 heterocycles. The molecule has 0 N–H and O–H groups in total. The summed E-state index contributed by atoms with van der Waals surface area (Å²) in [6.45, 7) is 11.4. The summed E-state index contributed by atoms with van der Waals surface area (Å²) in [6.07, 6.45) is 0. The smallest absolute Gasteiger partial charge is 0.261 e. The van der Waals surface area contributed by atoms with Crippen molar-refractivity contribution in [2.24, 2.45) is 0 Å². The largest absolute Gasteiger partial charge is 0.295 e. The van der Waals surface area contributed by atoms with Crippen LogP contribution in [-0.4, -0.2) is 29.4 Å². The zero-order chi connectivity index (χ0) is 16.1. The lowest BCUT2D eigenvalue weighted by molar-refractivity contribution is -0.233. The summed E-state index contributed by atoms with van der Waals surface area (Å²) in [5, 5.41) is 1.19. The van der Waals surface area contributed by atoms with Gasteiger partial charge in [-0.25, -0.2) is 5.06 Å². The van der Waals surface area contributed by atoms with Crippen LogP contribution in [0, 0.1) is 27.7 Å². The summed E-state index contributed by atoms with van der Waals surface area (Å²) in [4.78, 5) is 30.7. The zero-order valence-electron chi connectivity index (χ0n) is 13.8. The Morgan fingerprint density at radius 1 is 1.05 bits per heavy atom. The molecule has 1 aliphatic rings. The van der Waals surface area contributed by atoms with Gasteiger partial charge in [-0.2, -0.15) is 0 Å². The molecule has 1 fully saturated rings. The quantitative estimate of drug-likeness (QED) is 0.747. The molecule has 1 aromatic rings. The predicted octanol–water partition coefficient (Wildman–Crippen LogP) is 2.76. The molecule has 1 aliphatic heterocycles. The normalized spacial score (nSPS) is 21.9. The van der Waals surface area contributed by atoms with Crippen LogP contribution in [0.5, 0.6) is 0 Å². The molecule has 21 heavy (non-hydrogen) atoms. The molecule has 0 spiro atoms. The molecule has 2 rings (SSSR count). The van der Waals surface area contributed by atoms with Crippen molar-refractivity contribution in [2.45, 2.75) is 53.1 Å². The minimum atomic E-state index is -0.995. The van der Waals surface area contributed by atoms with Gasteiger partial charge in [0, 0.05) is 7.05 Å². The van der Waals surface area contributed by atoms with Crippen molar-refractivity contribution in [3.63, 3.8) is 0 Å². The van der Waals surface area contributed by atoms with Crippen molar-refractivity contribution in [1.82, 2.24) is 5.06 Å². The van der Waals surface area contributed by atoms with Crippen LogP contribution in [0.4, 0.5) is 0 Å². The molecule has 0 aliphatic carbocycles. The van der Waals surface area contributed by atoms with Gasteiger partial charge >= 0.3 is 0 Å². The number of benzene rings is 1. The highest BCUT2D eigenvalue weighted by Crippen LogP contribution is 2.36. The van der Waals surface area contributed by atoms with Gasteiger partial charge in [-0.05, 0) is 69.4 Å². The number of amides is 1. The van der Waals surface area contributed by atoms with Crippen LogP contribution in [0.1, 0.15) is 47.6 Å². The Balaban J connectivity index is 2.67. The molecule has 0 bridgehead atoms. The fourth-order valence-corrected chi connectivity index (χ4v) is 3.08. The Kier molecular flexibility index (Phi) is 3.70. The molecule has 4 nitrogen and oxygen atoms in total. The molecule has 1 unspecified atom stereocenters. The van der Waals surface area contributed by atoms with E-state index in [1.54, 1.807) is 20.9 Å². The highest BCUT2D eigenvalue weighted by Gasteiger charge is 2.48. The van der Waals surface area contributed by atoms with Crippen LogP contribution >= 0.6 is 0 Å². The lowest BCUT2D eigenvalue weighted by Gasteiger charge is -2.39. The molecule has 1 atom stereocenters. The standard InChI is InChI=1S/C17H23NO3/c1-9-8-10(2)13(12(4)11(9)3)14-15(19)17(5,6)21-18(7)16(14)20/h8,14H,1-7H3.